The molecule has 7 rings (SSSR count). The molecule has 1 aliphatic rings. The van der Waals surface area contributed by atoms with Gasteiger partial charge < -0.3 is 0 Å². The first-order valence-corrected chi connectivity index (χ1v) is 19.1. The molecule has 38 heavy (non-hydrogen) atoms. The Morgan fingerprint density at radius 1 is 0.579 bits per heavy atom. The average Bonchev–Trinajstić information content (AvgIpc) is 2.88. The molecule has 0 saturated carbocycles. The van der Waals surface area contributed by atoms with E-state index in [1.807, 2.05) is 0 Å². The zero-order valence-corrected chi connectivity index (χ0v) is 25.6. The van der Waals surface area contributed by atoms with Crippen LogP contribution in [0.1, 0.15) is 31.9 Å². The summed E-state index contributed by atoms with van der Waals surface area (Å²) < 4.78 is 0. The smallest absolute Gasteiger partial charge is 0.0159 e. The van der Waals surface area contributed by atoms with Crippen molar-refractivity contribution in [2.75, 3.05) is 37.0 Å². The van der Waals surface area contributed by atoms with Crippen LogP contribution in [0.3, 0.4) is 0 Å². The number of benzene rings is 6. The van der Waals surface area contributed by atoms with Gasteiger partial charge in [-0.05, 0) is 142 Å². The molecule has 0 bridgehead atoms. The predicted octanol–water partition coefficient (Wildman–Crippen LogP) is 10.5. The molecule has 6 aromatic carbocycles. The summed E-state index contributed by atoms with van der Waals surface area (Å²) >= 11 is 0. The van der Waals surface area contributed by atoms with E-state index in [1.165, 1.54) is 76.0 Å². The van der Waals surface area contributed by atoms with E-state index in [1.54, 1.807) is 4.90 Å². The fourth-order valence-corrected chi connectivity index (χ4v) is 9.75. The van der Waals surface area contributed by atoms with Gasteiger partial charge in [0.2, 0.25) is 0 Å². The molecule has 0 aromatic heterocycles. The number of hydrogen-bond acceptors (Lipinski definition) is 0. The molecular formula is C36H38S2. The van der Waals surface area contributed by atoms with Gasteiger partial charge in [-0.25, -0.2) is 20.1 Å². The van der Waals surface area contributed by atoms with Gasteiger partial charge >= 0.3 is 0 Å². The molecule has 6 aromatic rings. The van der Waals surface area contributed by atoms with Gasteiger partial charge in [-0.3, -0.25) is 0 Å². The topological polar surface area (TPSA) is 0 Å². The average molecular weight is 535 g/mol. The third-order valence-electron chi connectivity index (χ3n) is 9.30. The van der Waals surface area contributed by atoms with Crippen LogP contribution in [0.15, 0.2) is 82.6 Å². The highest BCUT2D eigenvalue weighted by Gasteiger charge is 2.36. The van der Waals surface area contributed by atoms with Crippen LogP contribution in [-0.4, -0.2) is 37.0 Å². The highest BCUT2D eigenvalue weighted by Crippen LogP contribution is 2.60. The fraction of sp³-hybridized carbons (Fsp3) is 0.278. The summed E-state index contributed by atoms with van der Waals surface area (Å²) in [5, 5.41) is 11.5. The van der Waals surface area contributed by atoms with E-state index >= 15 is 0 Å². The molecule has 0 heterocycles. The largest absolute Gasteiger partial charge is 0.223 e. The van der Waals surface area contributed by atoms with Gasteiger partial charge in [-0.2, -0.15) is 0 Å². The Morgan fingerprint density at radius 2 is 1.21 bits per heavy atom. The Morgan fingerprint density at radius 3 is 1.87 bits per heavy atom. The zero-order chi connectivity index (χ0) is 26.8. The van der Waals surface area contributed by atoms with E-state index < -0.39 is 20.1 Å². The summed E-state index contributed by atoms with van der Waals surface area (Å²) in [7, 11) is -1.82. The molecule has 1 aliphatic carbocycles. The second-order valence-electron chi connectivity index (χ2n) is 13.0. The van der Waals surface area contributed by atoms with Gasteiger partial charge in [-0.1, -0.05) is 63.2 Å². The zero-order valence-electron chi connectivity index (χ0n) is 24.0. The Labute approximate surface area is 230 Å². The predicted molar refractivity (Wildman–Crippen MR) is 177 cm³/mol. The van der Waals surface area contributed by atoms with Crippen LogP contribution < -0.4 is 0 Å². The van der Waals surface area contributed by atoms with Crippen molar-refractivity contribution in [2.24, 2.45) is 0 Å². The summed E-state index contributed by atoms with van der Waals surface area (Å²) in [6.07, 6.45) is 12.3. The molecule has 0 unspecified atom stereocenters. The first kappa shape index (κ1) is 24.4. The van der Waals surface area contributed by atoms with E-state index in [0.717, 1.165) is 0 Å². The molecule has 0 spiro atoms. The Bertz CT molecular complexity index is 1930. The highest BCUT2D eigenvalue weighted by atomic mass is 32.3. The van der Waals surface area contributed by atoms with Gasteiger partial charge in [0.05, 0.1) is 0 Å². The van der Waals surface area contributed by atoms with Crippen LogP contribution in [0.2, 0.25) is 0 Å². The summed E-state index contributed by atoms with van der Waals surface area (Å²) in [5.41, 5.74) is 5.72. The van der Waals surface area contributed by atoms with Crippen molar-refractivity contribution < 1.29 is 0 Å². The van der Waals surface area contributed by atoms with Crippen molar-refractivity contribution in [1.82, 2.24) is 0 Å². The molecule has 0 amide bonds. The van der Waals surface area contributed by atoms with Crippen LogP contribution in [0.5, 0.6) is 0 Å². The normalized spacial score (nSPS) is 16.0. The van der Waals surface area contributed by atoms with Gasteiger partial charge in [0.1, 0.15) is 0 Å². The summed E-state index contributed by atoms with van der Waals surface area (Å²) in [6.45, 7) is 7.25. The molecule has 194 valence electrons. The molecule has 0 saturated heterocycles. The van der Waals surface area contributed by atoms with Crippen LogP contribution in [0, 0.1) is 0 Å². The lowest BCUT2D eigenvalue weighted by Gasteiger charge is -2.39. The molecule has 0 atom stereocenters. The van der Waals surface area contributed by atoms with E-state index in [4.69, 9.17) is 0 Å². The third-order valence-corrected chi connectivity index (χ3v) is 13.9. The Kier molecular flexibility index (Phi) is 4.94. The lowest BCUT2D eigenvalue weighted by Crippen LogP contribution is -2.24. The van der Waals surface area contributed by atoms with Crippen LogP contribution in [0.25, 0.3) is 54.2 Å². The van der Waals surface area contributed by atoms with Crippen molar-refractivity contribution >= 4 is 63.1 Å². The summed E-state index contributed by atoms with van der Waals surface area (Å²) in [4.78, 5) is 3.09. The summed E-state index contributed by atoms with van der Waals surface area (Å²) in [5.74, 6) is 1.19. The monoisotopic (exact) mass is 534 g/mol. The third kappa shape index (κ3) is 3.14. The van der Waals surface area contributed by atoms with Crippen molar-refractivity contribution in [3.8, 4) is 11.1 Å². The van der Waals surface area contributed by atoms with E-state index in [0.29, 0.717) is 0 Å². The van der Waals surface area contributed by atoms with Gasteiger partial charge in [0, 0.05) is 5.41 Å². The number of rotatable bonds is 3. The number of hydrogen-bond donors (Lipinski definition) is 0. The van der Waals surface area contributed by atoms with Crippen LogP contribution in [-0.2, 0) is 5.41 Å². The first-order valence-electron chi connectivity index (χ1n) is 13.7. The molecule has 2 heteroatoms. The lowest BCUT2D eigenvalue weighted by atomic mass is 9.67. The van der Waals surface area contributed by atoms with Gasteiger partial charge in [-0.15, -0.1) is 0 Å². The quantitative estimate of drug-likeness (QED) is 0.198. The van der Waals surface area contributed by atoms with Crippen molar-refractivity contribution in [2.45, 2.75) is 36.0 Å². The minimum absolute atomic E-state index is 0.0816. The van der Waals surface area contributed by atoms with Gasteiger partial charge in [0.25, 0.3) is 0 Å². The van der Waals surface area contributed by atoms with E-state index in [9.17, 15) is 0 Å². The highest BCUT2D eigenvalue weighted by molar-refractivity contribution is 8.33. The van der Waals surface area contributed by atoms with E-state index in [2.05, 4.69) is 125 Å². The van der Waals surface area contributed by atoms with Crippen LogP contribution in [0.4, 0.5) is 0 Å². The second kappa shape index (κ2) is 7.71. The maximum atomic E-state index is 2.60. The lowest BCUT2D eigenvalue weighted by molar-refractivity contribution is 0.647. The molecule has 0 radical (unpaired) electrons. The van der Waals surface area contributed by atoms with Crippen molar-refractivity contribution in [1.29, 1.82) is 0 Å². The molecule has 0 nitrogen and oxygen atoms in total. The number of fused-ring (bicyclic) bond motifs is 3. The minimum Gasteiger partial charge on any atom is -0.223 e. The molecule has 0 aliphatic heterocycles. The molecule has 0 fully saturated rings. The van der Waals surface area contributed by atoms with Gasteiger partial charge in [0.15, 0.2) is 0 Å². The second-order valence-corrected chi connectivity index (χ2v) is 21.2. The minimum atomic E-state index is -0.951. The van der Waals surface area contributed by atoms with Crippen molar-refractivity contribution in [3.63, 3.8) is 0 Å². The SMILES string of the molecule is CCS(C)(C)c1cc2c3c(cc4ccc(S(C)(C)C)c5ccc1c3c45)C(C)(C)c1cc3ccccc3cc1-2. The maximum absolute atomic E-state index is 2.60. The summed E-state index contributed by atoms with van der Waals surface area (Å²) in [6, 6.07) is 28.7. The van der Waals surface area contributed by atoms with Crippen LogP contribution >= 0.6 is 20.1 Å². The Balaban J connectivity index is 1.77. The molecular weight excluding hydrogens is 497 g/mol. The maximum Gasteiger partial charge on any atom is 0.0159 e. The standard InChI is InChI=1S/C36H38S2/c1-9-38(7,8)32-21-28-27-18-22-12-10-11-13-23(22)19-29(27)36(2,3)30-20-24-14-17-31(37(4,5)6)25-15-16-26(32)35(33(24)25)34(28)30/h10-21H,9H2,1-8H3. The Hall–Kier alpha value is -2.68. The van der Waals surface area contributed by atoms with Crippen molar-refractivity contribution in [3.05, 3.63) is 83.9 Å². The first-order chi connectivity index (χ1) is 17.9. The molecule has 0 N–H and O–H groups in total. The fourth-order valence-electron chi connectivity index (χ4n) is 6.93. The van der Waals surface area contributed by atoms with E-state index in [-0.39, 0.29) is 5.41 Å².